The molecule has 0 amide bonds. The number of anilines is 1. The molecule has 0 fully saturated rings. The maximum Gasteiger partial charge on any atom is 0.0486 e. The van der Waals surface area contributed by atoms with Gasteiger partial charge >= 0.3 is 0 Å². The minimum Gasteiger partial charge on any atom is -0.379 e. The van der Waals surface area contributed by atoms with Crippen molar-refractivity contribution in [3.8, 4) is 0 Å². The molecule has 0 radical (unpaired) electrons. The van der Waals surface area contributed by atoms with Crippen molar-refractivity contribution in [2.75, 3.05) is 5.32 Å². The zero-order valence-corrected chi connectivity index (χ0v) is 11.9. The molecule has 1 aliphatic carbocycles. The van der Waals surface area contributed by atoms with Gasteiger partial charge in [0.15, 0.2) is 0 Å². The highest BCUT2D eigenvalue weighted by atomic mass is 35.5. The van der Waals surface area contributed by atoms with Gasteiger partial charge in [-0.3, -0.25) is 0 Å². The van der Waals surface area contributed by atoms with Crippen molar-refractivity contribution < 1.29 is 0 Å². The molecule has 2 aromatic rings. The van der Waals surface area contributed by atoms with Crippen LogP contribution < -0.4 is 5.32 Å². The fourth-order valence-corrected chi connectivity index (χ4v) is 2.97. The lowest BCUT2D eigenvalue weighted by Crippen LogP contribution is -2.06. The number of nitrogens with one attached hydrogen (secondary N) is 1. The fraction of sp³-hybridized carbons (Fsp3) is 0.294. The summed E-state index contributed by atoms with van der Waals surface area (Å²) in [4.78, 5) is 0. The molecular formula is C17H18ClN. The lowest BCUT2D eigenvalue weighted by Gasteiger charge is -2.17. The van der Waals surface area contributed by atoms with E-state index in [0.29, 0.717) is 0 Å². The zero-order chi connectivity index (χ0) is 13.2. The quantitative estimate of drug-likeness (QED) is 0.828. The van der Waals surface area contributed by atoms with Gasteiger partial charge in [0.25, 0.3) is 0 Å². The summed E-state index contributed by atoms with van der Waals surface area (Å²) in [6, 6.07) is 15.0. The normalized spacial score (nSPS) is 15.1. The highest BCUT2D eigenvalue weighted by Crippen LogP contribution is 2.27. The van der Waals surface area contributed by atoms with Crippen LogP contribution in [0.15, 0.2) is 42.5 Å². The van der Waals surface area contributed by atoms with E-state index < -0.39 is 0 Å². The zero-order valence-electron chi connectivity index (χ0n) is 11.1. The van der Waals surface area contributed by atoms with E-state index >= 15 is 0 Å². The number of aryl methyl sites for hydroxylation is 2. The van der Waals surface area contributed by atoms with E-state index in [1.54, 1.807) is 0 Å². The molecule has 98 valence electrons. The van der Waals surface area contributed by atoms with Crippen molar-refractivity contribution in [1.82, 2.24) is 0 Å². The number of hydrogen-bond donors (Lipinski definition) is 1. The van der Waals surface area contributed by atoms with Crippen LogP contribution in [0.4, 0.5) is 5.69 Å². The van der Waals surface area contributed by atoms with Crippen molar-refractivity contribution in [2.24, 2.45) is 0 Å². The first-order valence-corrected chi connectivity index (χ1v) is 7.24. The van der Waals surface area contributed by atoms with Crippen LogP contribution in [-0.4, -0.2) is 0 Å². The summed E-state index contributed by atoms with van der Waals surface area (Å²) in [5.41, 5.74) is 5.44. The van der Waals surface area contributed by atoms with Crippen LogP contribution in [0, 0.1) is 0 Å². The molecule has 2 aromatic carbocycles. The van der Waals surface area contributed by atoms with Crippen LogP contribution in [0.25, 0.3) is 0 Å². The summed E-state index contributed by atoms with van der Waals surface area (Å²) in [6.45, 7) is 2.17. The first-order valence-electron chi connectivity index (χ1n) is 6.86. The minimum absolute atomic E-state index is 0.262. The summed E-state index contributed by atoms with van der Waals surface area (Å²) < 4.78 is 0. The van der Waals surface area contributed by atoms with Crippen LogP contribution in [0.5, 0.6) is 0 Å². The van der Waals surface area contributed by atoms with Gasteiger partial charge in [0.2, 0.25) is 0 Å². The number of halogens is 1. The molecule has 2 heteroatoms. The van der Waals surface area contributed by atoms with E-state index in [2.05, 4.69) is 36.5 Å². The highest BCUT2D eigenvalue weighted by molar-refractivity contribution is 6.30. The molecule has 1 atom stereocenters. The number of benzene rings is 2. The molecule has 0 aliphatic heterocycles. The first-order chi connectivity index (χ1) is 9.22. The first kappa shape index (κ1) is 12.6. The molecule has 0 spiro atoms. The van der Waals surface area contributed by atoms with Crippen LogP contribution in [0.3, 0.4) is 0 Å². The Hall–Kier alpha value is -1.47. The average Bonchev–Trinajstić information content (AvgIpc) is 2.86. The van der Waals surface area contributed by atoms with Gasteiger partial charge in [-0.25, -0.2) is 0 Å². The summed E-state index contributed by atoms with van der Waals surface area (Å²) in [5, 5.41) is 4.35. The Morgan fingerprint density at radius 2 is 1.89 bits per heavy atom. The van der Waals surface area contributed by atoms with Crippen molar-refractivity contribution >= 4 is 17.3 Å². The molecular weight excluding hydrogens is 254 g/mol. The third kappa shape index (κ3) is 2.76. The summed E-state index contributed by atoms with van der Waals surface area (Å²) >= 11 is 6.04. The summed E-state index contributed by atoms with van der Waals surface area (Å²) in [6.07, 6.45) is 3.75. The predicted octanol–water partition coefficient (Wildman–Crippen LogP) is 5.00. The second kappa shape index (κ2) is 5.26. The third-order valence-electron chi connectivity index (χ3n) is 3.83. The summed E-state index contributed by atoms with van der Waals surface area (Å²) in [5.74, 6) is 0. The molecule has 0 bridgehead atoms. The maximum absolute atomic E-state index is 6.04. The number of fused-ring (bicyclic) bond motifs is 1. The van der Waals surface area contributed by atoms with Gasteiger partial charge in [-0.05, 0) is 67.1 Å². The van der Waals surface area contributed by atoms with Crippen LogP contribution in [-0.2, 0) is 12.8 Å². The second-order valence-electron chi connectivity index (χ2n) is 5.26. The number of hydrogen-bond acceptors (Lipinski definition) is 1. The Morgan fingerprint density at radius 1 is 1.05 bits per heavy atom. The predicted molar refractivity (Wildman–Crippen MR) is 82.0 cm³/mol. The fourth-order valence-electron chi connectivity index (χ4n) is 2.77. The SMILES string of the molecule is CC(Nc1ccc2c(c1)CCC2)c1cccc(Cl)c1. The van der Waals surface area contributed by atoms with Gasteiger partial charge in [-0.15, -0.1) is 0 Å². The van der Waals surface area contributed by atoms with Gasteiger partial charge in [0, 0.05) is 16.8 Å². The summed E-state index contributed by atoms with van der Waals surface area (Å²) in [7, 11) is 0. The van der Waals surface area contributed by atoms with E-state index in [4.69, 9.17) is 11.6 Å². The average molecular weight is 272 g/mol. The largest absolute Gasteiger partial charge is 0.379 e. The lowest BCUT2D eigenvalue weighted by molar-refractivity contribution is 0.884. The molecule has 1 unspecified atom stereocenters. The van der Waals surface area contributed by atoms with Gasteiger partial charge < -0.3 is 5.32 Å². The molecule has 1 N–H and O–H groups in total. The molecule has 0 saturated heterocycles. The Labute approximate surface area is 119 Å². The molecule has 1 nitrogen and oxygen atoms in total. The van der Waals surface area contributed by atoms with Crippen LogP contribution in [0.1, 0.15) is 36.1 Å². The van der Waals surface area contributed by atoms with Gasteiger partial charge in [0.05, 0.1) is 0 Å². The van der Waals surface area contributed by atoms with Crippen molar-refractivity contribution in [3.63, 3.8) is 0 Å². The van der Waals surface area contributed by atoms with E-state index in [1.165, 1.54) is 41.6 Å². The van der Waals surface area contributed by atoms with Gasteiger partial charge in [-0.2, -0.15) is 0 Å². The van der Waals surface area contributed by atoms with Gasteiger partial charge in [-0.1, -0.05) is 29.8 Å². The van der Waals surface area contributed by atoms with Crippen molar-refractivity contribution in [2.45, 2.75) is 32.2 Å². The standard InChI is InChI=1S/C17H18ClN/c1-12(14-5-3-7-16(18)10-14)19-17-9-8-13-4-2-6-15(13)11-17/h3,5,7-12,19H,2,4,6H2,1H3. The lowest BCUT2D eigenvalue weighted by atomic mass is 10.1. The number of rotatable bonds is 3. The Bertz CT molecular complexity index is 592. The smallest absolute Gasteiger partial charge is 0.0486 e. The molecule has 1 aliphatic rings. The maximum atomic E-state index is 6.04. The molecule has 0 aromatic heterocycles. The monoisotopic (exact) mass is 271 g/mol. The van der Waals surface area contributed by atoms with Gasteiger partial charge in [0.1, 0.15) is 0 Å². The molecule has 3 rings (SSSR count). The van der Waals surface area contributed by atoms with Crippen LogP contribution in [0.2, 0.25) is 5.02 Å². The van der Waals surface area contributed by atoms with E-state index in [1.807, 2.05) is 18.2 Å². The third-order valence-corrected chi connectivity index (χ3v) is 4.07. The van der Waals surface area contributed by atoms with Crippen molar-refractivity contribution in [1.29, 1.82) is 0 Å². The van der Waals surface area contributed by atoms with Crippen molar-refractivity contribution in [3.05, 3.63) is 64.2 Å². The molecule has 0 saturated carbocycles. The topological polar surface area (TPSA) is 12.0 Å². The van der Waals surface area contributed by atoms with E-state index in [-0.39, 0.29) is 6.04 Å². The minimum atomic E-state index is 0.262. The highest BCUT2D eigenvalue weighted by Gasteiger charge is 2.12. The molecule has 0 heterocycles. The van der Waals surface area contributed by atoms with Crippen LogP contribution >= 0.6 is 11.6 Å². The Morgan fingerprint density at radius 3 is 2.74 bits per heavy atom. The Kier molecular flexibility index (Phi) is 3.48. The van der Waals surface area contributed by atoms with E-state index in [9.17, 15) is 0 Å². The van der Waals surface area contributed by atoms with E-state index in [0.717, 1.165) is 5.02 Å². The Balaban J connectivity index is 1.77. The molecule has 19 heavy (non-hydrogen) atoms. The second-order valence-corrected chi connectivity index (χ2v) is 5.69.